The maximum Gasteiger partial charge on any atom is 0.305 e. The van der Waals surface area contributed by atoms with E-state index in [2.05, 4.69) is 11.4 Å². The van der Waals surface area contributed by atoms with Crippen LogP contribution in [0.1, 0.15) is 60.6 Å². The molecule has 43 heavy (non-hydrogen) atoms. The van der Waals surface area contributed by atoms with Gasteiger partial charge in [0.25, 0.3) is 5.91 Å². The number of hydrogen-bond acceptors (Lipinski definition) is 5. The van der Waals surface area contributed by atoms with E-state index in [1.165, 1.54) is 12.1 Å². The van der Waals surface area contributed by atoms with E-state index in [9.17, 15) is 24.2 Å². The van der Waals surface area contributed by atoms with E-state index in [1.54, 1.807) is 36.4 Å². The number of halogens is 1. The fraction of sp³-hybridized carbons (Fsp3) is 0.265. The van der Waals surface area contributed by atoms with Gasteiger partial charge in [-0.15, -0.1) is 0 Å². The third-order valence-electron chi connectivity index (χ3n) is 7.17. The molecule has 0 aliphatic carbocycles. The molecule has 1 aromatic heterocycles. The van der Waals surface area contributed by atoms with Crippen molar-refractivity contribution in [2.24, 2.45) is 0 Å². The predicted molar refractivity (Wildman–Crippen MR) is 162 cm³/mol. The summed E-state index contributed by atoms with van der Waals surface area (Å²) in [4.78, 5) is 25.1. The number of aromatic nitrogens is 1. The number of nitriles is 1. The van der Waals surface area contributed by atoms with Gasteiger partial charge in [-0.2, -0.15) is 5.26 Å². The van der Waals surface area contributed by atoms with Gasteiger partial charge in [0.1, 0.15) is 5.82 Å². The zero-order valence-corrected chi connectivity index (χ0v) is 24.0. The van der Waals surface area contributed by atoms with Crippen LogP contribution in [0.4, 0.5) is 10.1 Å². The van der Waals surface area contributed by atoms with Gasteiger partial charge >= 0.3 is 5.97 Å². The van der Waals surface area contributed by atoms with Crippen LogP contribution in [-0.2, 0) is 11.3 Å². The van der Waals surface area contributed by atoms with Crippen LogP contribution in [0, 0.1) is 17.1 Å². The van der Waals surface area contributed by atoms with E-state index >= 15 is 0 Å². The molecule has 0 aliphatic heterocycles. The van der Waals surface area contributed by atoms with Crippen LogP contribution in [0.3, 0.4) is 0 Å². The molecule has 0 saturated heterocycles. The number of amides is 1. The average molecular weight is 584 g/mol. The van der Waals surface area contributed by atoms with Crippen molar-refractivity contribution >= 4 is 17.6 Å². The Hall–Kier alpha value is -4.78. The highest BCUT2D eigenvalue weighted by Gasteiger charge is 2.31. The summed E-state index contributed by atoms with van der Waals surface area (Å²) < 4.78 is 16.0. The molecule has 0 bridgehead atoms. The van der Waals surface area contributed by atoms with Gasteiger partial charge in [-0.3, -0.25) is 9.59 Å². The van der Waals surface area contributed by atoms with Crippen LogP contribution in [0.5, 0.6) is 0 Å². The molecule has 0 fully saturated rings. The second kappa shape index (κ2) is 13.9. The number of carbonyl (C=O) groups is 2. The summed E-state index contributed by atoms with van der Waals surface area (Å²) in [5.41, 5.74) is 4.83. The summed E-state index contributed by atoms with van der Waals surface area (Å²) in [5, 5.41) is 41.9. The molecule has 0 saturated carbocycles. The van der Waals surface area contributed by atoms with Crippen LogP contribution in [-0.4, -0.2) is 44.0 Å². The number of carboxylic acids is 1. The fourth-order valence-corrected chi connectivity index (χ4v) is 5.31. The first-order valence-corrected chi connectivity index (χ1v) is 14.1. The van der Waals surface area contributed by atoms with Crippen molar-refractivity contribution < 1.29 is 29.3 Å². The minimum Gasteiger partial charge on any atom is -0.481 e. The average Bonchev–Trinajstić information content (AvgIpc) is 3.32. The lowest BCUT2D eigenvalue weighted by Crippen LogP contribution is -2.22. The lowest BCUT2D eigenvalue weighted by molar-refractivity contribution is -0.139. The van der Waals surface area contributed by atoms with Crippen LogP contribution in [0.25, 0.3) is 22.4 Å². The number of rotatable bonds is 12. The molecule has 2 atom stereocenters. The zero-order valence-electron chi connectivity index (χ0n) is 24.0. The molecule has 3 aromatic carbocycles. The molecule has 222 valence electrons. The third-order valence-corrected chi connectivity index (χ3v) is 7.17. The largest absolute Gasteiger partial charge is 0.481 e. The number of aliphatic hydroxyl groups is 2. The van der Waals surface area contributed by atoms with E-state index < -0.39 is 30.4 Å². The smallest absolute Gasteiger partial charge is 0.305 e. The first kappa shape index (κ1) is 31.2. The molecule has 1 heterocycles. The van der Waals surface area contributed by atoms with Gasteiger partial charge in [-0.1, -0.05) is 44.2 Å². The van der Waals surface area contributed by atoms with Gasteiger partial charge in [-0.05, 0) is 78.4 Å². The Bertz CT molecular complexity index is 1610. The predicted octanol–water partition coefficient (Wildman–Crippen LogP) is 6.19. The van der Waals surface area contributed by atoms with Gasteiger partial charge in [0.05, 0.1) is 41.5 Å². The second-order valence-electron chi connectivity index (χ2n) is 10.7. The molecule has 2 unspecified atom stereocenters. The fourth-order valence-electron chi connectivity index (χ4n) is 5.31. The maximum absolute atomic E-state index is 14.1. The van der Waals surface area contributed by atoms with Crippen molar-refractivity contribution in [2.75, 3.05) is 5.32 Å². The lowest BCUT2D eigenvalue weighted by Gasteiger charge is -2.20. The number of carbonyl (C=O) groups excluding carboxylic acids is 1. The number of carboxylic acid groups (broad SMARTS) is 1. The molecule has 8 nitrogen and oxygen atoms in total. The minimum atomic E-state index is -1.20. The number of aliphatic hydroxyl groups excluding tert-OH is 2. The highest BCUT2D eigenvalue weighted by molar-refractivity contribution is 6.12. The number of hydrogen-bond donors (Lipinski definition) is 4. The quantitative estimate of drug-likeness (QED) is 0.157. The normalized spacial score (nSPS) is 12.5. The van der Waals surface area contributed by atoms with Gasteiger partial charge < -0.3 is 25.2 Å². The number of anilines is 1. The first-order chi connectivity index (χ1) is 20.6. The lowest BCUT2D eigenvalue weighted by atomic mass is 9.94. The van der Waals surface area contributed by atoms with Crippen LogP contribution >= 0.6 is 0 Å². The van der Waals surface area contributed by atoms with Crippen LogP contribution in [0.2, 0.25) is 0 Å². The molecule has 1 amide bonds. The van der Waals surface area contributed by atoms with Gasteiger partial charge in [0.2, 0.25) is 0 Å². The van der Waals surface area contributed by atoms with Crippen molar-refractivity contribution in [3.63, 3.8) is 0 Å². The third kappa shape index (κ3) is 7.55. The monoisotopic (exact) mass is 583 g/mol. The Labute approximate surface area is 249 Å². The highest BCUT2D eigenvalue weighted by atomic mass is 19.1. The highest BCUT2D eigenvalue weighted by Crippen LogP contribution is 2.42. The Balaban J connectivity index is 1.89. The van der Waals surface area contributed by atoms with E-state index in [1.807, 2.05) is 48.7 Å². The maximum atomic E-state index is 14.1. The number of aliphatic carboxylic acids is 1. The van der Waals surface area contributed by atoms with Crippen molar-refractivity contribution in [3.8, 4) is 28.5 Å². The number of benzene rings is 3. The standard InChI is InChI=1S/C34H34FN3O5/c1-21(2)32-31(34(43)37-26-14-8-22(20-36)9-15-26)30(23-6-4-3-5-7-23)33(24-10-12-25(35)13-11-24)38(32)17-16-27(39)18-28(40)19-29(41)42/h3-15,21,27-28,39-40H,16-19H2,1-2H3,(H,37,43)(H,41,42). The van der Waals surface area contributed by atoms with E-state index in [4.69, 9.17) is 10.4 Å². The summed E-state index contributed by atoms with van der Waals surface area (Å²) in [7, 11) is 0. The Kier molecular flexibility index (Phi) is 10.1. The first-order valence-electron chi connectivity index (χ1n) is 14.1. The molecule has 9 heteroatoms. The molecule has 4 aromatic rings. The topological polar surface area (TPSA) is 136 Å². The molecule has 4 rings (SSSR count). The number of nitrogens with one attached hydrogen (secondary N) is 1. The van der Waals surface area contributed by atoms with Crippen molar-refractivity contribution in [1.29, 1.82) is 5.26 Å². The molecule has 4 N–H and O–H groups in total. The van der Waals surface area contributed by atoms with Gasteiger partial charge in [-0.25, -0.2) is 4.39 Å². The van der Waals surface area contributed by atoms with Gasteiger partial charge in [0.15, 0.2) is 0 Å². The molecule has 0 radical (unpaired) electrons. The van der Waals surface area contributed by atoms with Gasteiger partial charge in [0, 0.05) is 23.5 Å². The zero-order chi connectivity index (χ0) is 31.1. The molecule has 0 spiro atoms. The Morgan fingerprint density at radius 3 is 2.16 bits per heavy atom. The van der Waals surface area contributed by atoms with E-state index in [0.29, 0.717) is 39.3 Å². The van der Waals surface area contributed by atoms with Crippen molar-refractivity contribution in [3.05, 3.63) is 102 Å². The van der Waals surface area contributed by atoms with E-state index in [-0.39, 0.29) is 31.2 Å². The molecular formula is C34H34FN3O5. The molecule has 0 aliphatic rings. The summed E-state index contributed by atoms with van der Waals surface area (Å²) >= 11 is 0. The number of nitrogens with zero attached hydrogens (tertiary/aromatic N) is 2. The SMILES string of the molecule is CC(C)c1c(C(=O)Nc2ccc(C#N)cc2)c(-c2ccccc2)c(-c2ccc(F)cc2)n1CCC(O)CC(O)CC(=O)O. The Morgan fingerprint density at radius 1 is 0.930 bits per heavy atom. The van der Waals surface area contributed by atoms with E-state index in [0.717, 1.165) is 5.56 Å². The second-order valence-corrected chi connectivity index (χ2v) is 10.7. The summed E-state index contributed by atoms with van der Waals surface area (Å²) in [5.74, 6) is -2.09. The summed E-state index contributed by atoms with van der Waals surface area (Å²) in [6, 6.07) is 24.0. The van der Waals surface area contributed by atoms with Crippen LogP contribution < -0.4 is 5.32 Å². The minimum absolute atomic E-state index is 0.117. The summed E-state index contributed by atoms with van der Waals surface area (Å²) in [6.07, 6.45) is -2.63. The molecular weight excluding hydrogens is 549 g/mol. The van der Waals surface area contributed by atoms with Crippen LogP contribution in [0.15, 0.2) is 78.9 Å². The van der Waals surface area contributed by atoms with Crippen molar-refractivity contribution in [2.45, 2.75) is 57.8 Å². The van der Waals surface area contributed by atoms with Crippen molar-refractivity contribution in [1.82, 2.24) is 4.57 Å². The summed E-state index contributed by atoms with van der Waals surface area (Å²) in [6.45, 7) is 4.16. The Morgan fingerprint density at radius 2 is 1.58 bits per heavy atom.